The molecule has 60 heavy (non-hydrogen) atoms. The summed E-state index contributed by atoms with van der Waals surface area (Å²) < 4.78 is 25.4. The van der Waals surface area contributed by atoms with Crippen LogP contribution < -0.4 is 10.7 Å². The first-order chi connectivity index (χ1) is 28.4. The van der Waals surface area contributed by atoms with E-state index in [1.165, 1.54) is 42.3 Å². The Labute approximate surface area is 351 Å². The van der Waals surface area contributed by atoms with Gasteiger partial charge in [0.05, 0.1) is 12.2 Å². The van der Waals surface area contributed by atoms with Crippen LogP contribution >= 0.6 is 0 Å². The Morgan fingerprint density at radius 1 is 1.12 bits per heavy atom. The van der Waals surface area contributed by atoms with Crippen LogP contribution in [0.15, 0.2) is 79.0 Å². The van der Waals surface area contributed by atoms with Crippen LogP contribution in [0.1, 0.15) is 78.7 Å². The Morgan fingerprint density at radius 3 is 2.52 bits per heavy atom. The largest absolute Gasteiger partial charge is 0.508 e. The lowest BCUT2D eigenvalue weighted by Gasteiger charge is -2.36. The molecular formula is C45H60FN3O11. The van der Waals surface area contributed by atoms with Crippen molar-refractivity contribution in [3.63, 3.8) is 0 Å². The number of nitrogens with zero attached hydrogens (tertiary/aromatic N) is 1. The molecule has 2 aliphatic rings. The van der Waals surface area contributed by atoms with Gasteiger partial charge in [-0.3, -0.25) is 24.2 Å². The number of hydrogen-bond donors (Lipinski definition) is 5. The highest BCUT2D eigenvalue weighted by Gasteiger charge is 2.39. The minimum atomic E-state index is -1.40. The molecule has 3 rings (SSSR count). The van der Waals surface area contributed by atoms with Gasteiger partial charge >= 0.3 is 11.9 Å². The first-order valence-electron chi connectivity index (χ1n) is 20.3. The van der Waals surface area contributed by atoms with Crippen LogP contribution in [0.3, 0.4) is 0 Å². The standard InChI is InChI=1S/C45H60FN3O11/c1-7-21-59-41(54)17-11-13-28(4)40-16-10-8-9-15-38(52)30(6)42(55)34(19-18-29(5)50)39(53)26-35(27(2)3)43(56)47-37(24-31-22-32(46)25-33(51)23-31)44(57)49-20-12-14-36(48-49)45(58)60-40/h7-11,13,15,17,22-23,25,27,30,34-38,40,42,48,51-52,55H,1,12,14,16,18-21,24,26H2,2-6H3,(H,47,56)/b10-8+,15-9+,17-11+,28-13+/t30-,34-,35-,36?,37-,38-,40-,42+/m0/s1. The van der Waals surface area contributed by atoms with Crippen molar-refractivity contribution in [2.75, 3.05) is 13.2 Å². The summed E-state index contributed by atoms with van der Waals surface area (Å²) >= 11 is 0. The number of amides is 2. The third-order valence-corrected chi connectivity index (χ3v) is 10.6. The van der Waals surface area contributed by atoms with Crippen molar-refractivity contribution in [1.82, 2.24) is 15.8 Å². The first-order valence-corrected chi connectivity index (χ1v) is 20.3. The summed E-state index contributed by atoms with van der Waals surface area (Å²) in [7, 11) is 0. The molecule has 0 aromatic heterocycles. The number of nitrogens with one attached hydrogen (secondary N) is 2. The Balaban J connectivity index is 2.08. The van der Waals surface area contributed by atoms with E-state index < -0.39 is 95.2 Å². The number of carbonyl (C=O) groups excluding carboxylic acids is 6. The van der Waals surface area contributed by atoms with Gasteiger partial charge < -0.3 is 34.9 Å². The molecule has 15 heteroatoms. The van der Waals surface area contributed by atoms with Gasteiger partial charge in [0.25, 0.3) is 5.91 Å². The minimum Gasteiger partial charge on any atom is -0.508 e. The van der Waals surface area contributed by atoms with Crippen molar-refractivity contribution in [2.24, 2.45) is 23.7 Å². The second-order valence-corrected chi connectivity index (χ2v) is 15.8. The zero-order chi connectivity index (χ0) is 44.5. The summed E-state index contributed by atoms with van der Waals surface area (Å²) in [6.07, 6.45) is 8.65. The van der Waals surface area contributed by atoms with Gasteiger partial charge in [-0.1, -0.05) is 69.9 Å². The van der Waals surface area contributed by atoms with Gasteiger partial charge in [-0.15, -0.1) is 0 Å². The van der Waals surface area contributed by atoms with E-state index in [1.54, 1.807) is 52.0 Å². The molecule has 2 heterocycles. The second-order valence-electron chi connectivity index (χ2n) is 15.8. The highest BCUT2D eigenvalue weighted by Crippen LogP contribution is 2.28. The number of phenols is 1. The maximum atomic E-state index is 14.4. The topological polar surface area (TPSA) is 209 Å². The fourth-order valence-corrected chi connectivity index (χ4v) is 6.98. The van der Waals surface area contributed by atoms with Gasteiger partial charge in [0.2, 0.25) is 5.91 Å². The molecule has 2 bridgehead atoms. The number of rotatable bonds is 11. The van der Waals surface area contributed by atoms with Gasteiger partial charge in [0.15, 0.2) is 0 Å². The molecule has 14 nitrogen and oxygen atoms in total. The molecule has 1 fully saturated rings. The third-order valence-electron chi connectivity index (χ3n) is 10.6. The predicted octanol–water partition coefficient (Wildman–Crippen LogP) is 4.29. The molecule has 0 radical (unpaired) electrons. The lowest BCUT2D eigenvalue weighted by molar-refractivity contribution is -0.156. The Hall–Kier alpha value is -5.25. The number of allylic oxidation sites excluding steroid dienone is 4. The van der Waals surface area contributed by atoms with Crippen molar-refractivity contribution < 1.29 is 58.0 Å². The van der Waals surface area contributed by atoms with Gasteiger partial charge in [0, 0.05) is 62.1 Å². The molecule has 8 atom stereocenters. The van der Waals surface area contributed by atoms with E-state index in [9.17, 15) is 48.5 Å². The molecule has 0 saturated carbocycles. The van der Waals surface area contributed by atoms with E-state index in [2.05, 4.69) is 17.3 Å². The Bertz CT molecular complexity index is 1800. The number of aliphatic hydroxyl groups is 2. The lowest BCUT2D eigenvalue weighted by atomic mass is 9.78. The quantitative estimate of drug-likeness (QED) is 0.0916. The van der Waals surface area contributed by atoms with Crippen molar-refractivity contribution >= 4 is 35.3 Å². The number of aromatic hydroxyl groups is 1. The molecule has 0 spiro atoms. The first kappa shape index (κ1) is 49.1. The Kier molecular flexibility index (Phi) is 19.7. The monoisotopic (exact) mass is 837 g/mol. The number of cyclic esters (lactones) is 1. The van der Waals surface area contributed by atoms with Crippen molar-refractivity contribution in [3.05, 3.63) is 90.3 Å². The SMILES string of the molecule is C=CCOC(=O)/C=C/C=C(\C)[C@@H]1C/C=C/C=C/[C@H](O)[C@H](C)[C@@H](O)[C@@H](CCC(C)=O)C(=O)C[C@@H](C(C)C)C(=O)N[C@@H](Cc2cc(O)cc(F)c2)C(=O)N2CCCC(N2)C(=O)O1. The Morgan fingerprint density at radius 2 is 1.85 bits per heavy atom. The average Bonchev–Trinajstić information content (AvgIpc) is 3.19. The van der Waals surface area contributed by atoms with Gasteiger partial charge in [-0.2, -0.15) is 0 Å². The number of benzene rings is 1. The maximum Gasteiger partial charge on any atom is 0.331 e. The van der Waals surface area contributed by atoms with Crippen LogP contribution in [-0.2, 0) is 44.7 Å². The summed E-state index contributed by atoms with van der Waals surface area (Å²) in [5.74, 6) is -7.96. The molecule has 5 N–H and O–H groups in total. The summed E-state index contributed by atoms with van der Waals surface area (Å²) in [6, 6.07) is 0.919. The van der Waals surface area contributed by atoms with Crippen LogP contribution in [0.2, 0.25) is 0 Å². The number of phenolic OH excluding ortho intramolecular Hbond substituents is 1. The average molecular weight is 838 g/mol. The van der Waals surface area contributed by atoms with Crippen LogP contribution in [-0.4, -0.2) is 99.2 Å². The van der Waals surface area contributed by atoms with Crippen LogP contribution in [0, 0.1) is 29.5 Å². The number of hydrogen-bond acceptors (Lipinski definition) is 12. The summed E-state index contributed by atoms with van der Waals surface area (Å²) in [5.41, 5.74) is 3.68. The number of fused-ring (bicyclic) bond motifs is 2. The van der Waals surface area contributed by atoms with Gasteiger partial charge in [0.1, 0.15) is 47.9 Å². The number of aliphatic hydroxyl groups excluding tert-OH is 2. The predicted molar refractivity (Wildman–Crippen MR) is 221 cm³/mol. The highest BCUT2D eigenvalue weighted by molar-refractivity contribution is 5.92. The van der Waals surface area contributed by atoms with E-state index in [-0.39, 0.29) is 56.6 Å². The molecule has 328 valence electrons. The summed E-state index contributed by atoms with van der Waals surface area (Å²) in [6.45, 7) is 11.7. The van der Waals surface area contributed by atoms with Crippen molar-refractivity contribution in [3.8, 4) is 5.75 Å². The van der Waals surface area contributed by atoms with Crippen molar-refractivity contribution in [2.45, 2.75) is 110 Å². The van der Waals surface area contributed by atoms with E-state index in [0.717, 1.165) is 12.1 Å². The highest BCUT2D eigenvalue weighted by atomic mass is 19.1. The second kappa shape index (κ2) is 24.1. The van der Waals surface area contributed by atoms with Crippen LogP contribution in [0.5, 0.6) is 5.75 Å². The molecule has 1 saturated heterocycles. The number of halogens is 1. The molecule has 0 aliphatic carbocycles. The minimum absolute atomic E-state index is 0.0212. The number of ether oxygens (including phenoxy) is 2. The van der Waals surface area contributed by atoms with E-state index in [4.69, 9.17) is 9.47 Å². The number of hydrazine groups is 1. The van der Waals surface area contributed by atoms with Crippen molar-refractivity contribution in [1.29, 1.82) is 0 Å². The van der Waals surface area contributed by atoms with Crippen LogP contribution in [0.4, 0.5) is 4.39 Å². The van der Waals surface area contributed by atoms with E-state index in [1.807, 2.05) is 0 Å². The zero-order valence-corrected chi connectivity index (χ0v) is 35.1. The third kappa shape index (κ3) is 15.4. The molecular weight excluding hydrogens is 778 g/mol. The lowest BCUT2D eigenvalue weighted by Crippen LogP contribution is -2.61. The molecule has 1 unspecified atom stereocenters. The number of esters is 2. The molecule has 1 aromatic rings. The number of Topliss-reactive ketones (excluding diaryl/α,β-unsaturated/α-hetero) is 2. The molecule has 1 aromatic carbocycles. The zero-order valence-electron chi connectivity index (χ0n) is 35.1. The van der Waals surface area contributed by atoms with Gasteiger partial charge in [-0.25, -0.2) is 14.6 Å². The fraction of sp³-hybridized carbons (Fsp3) is 0.511. The van der Waals surface area contributed by atoms with E-state index in [0.29, 0.717) is 18.4 Å². The maximum absolute atomic E-state index is 14.4. The summed E-state index contributed by atoms with van der Waals surface area (Å²) in [4.78, 5) is 80.2. The molecule has 2 aliphatic heterocycles. The normalized spacial score (nSPS) is 27.9. The smallest absolute Gasteiger partial charge is 0.331 e. The molecule has 2 amide bonds. The summed E-state index contributed by atoms with van der Waals surface area (Å²) in [5, 5.41) is 36.6. The van der Waals surface area contributed by atoms with E-state index >= 15 is 0 Å². The van der Waals surface area contributed by atoms with Crippen LogP contribution in [0.25, 0.3) is 0 Å². The fourth-order valence-electron chi connectivity index (χ4n) is 6.98. The number of carbonyl (C=O) groups is 6. The number of ketones is 2. The van der Waals surface area contributed by atoms with Gasteiger partial charge in [-0.05, 0) is 62.3 Å².